The van der Waals surface area contributed by atoms with Crippen molar-refractivity contribution in [3.05, 3.63) is 53.4 Å². The van der Waals surface area contributed by atoms with E-state index in [9.17, 15) is 19.4 Å². The molecule has 0 saturated heterocycles. The molecule has 0 bridgehead atoms. The Labute approximate surface area is 313 Å². The molecule has 3 heterocycles. The van der Waals surface area contributed by atoms with Gasteiger partial charge in [0, 0.05) is 50.9 Å². The van der Waals surface area contributed by atoms with Crippen LogP contribution in [0.25, 0.3) is 0 Å². The zero-order chi connectivity index (χ0) is 38.8. The number of hydrogen-bond donors (Lipinski definition) is 3. The number of rotatable bonds is 27. The second kappa shape index (κ2) is 22.0. The lowest BCUT2D eigenvalue weighted by Gasteiger charge is -2.18. The standard InChI is InChI=1S/C33H51N10O10P/c1-5-41-17-27(35-38-41)22-49-30-15-26(33(45)34-12-10-9-11-25(20-44)21-53-54(46,47)52-14-13-48-8-4)16-31(50-23-28-18-42(6-2)39-36-28)32(30)51-24-29-19-43(7-3)40-37-29/h15-19,25,44H,5-14,20-24H2,1-4H3,(H,34,45)(H,46,47). The number of aliphatic hydroxyl groups excluding tert-OH is 1. The number of nitrogens with one attached hydrogen (secondary N) is 1. The summed E-state index contributed by atoms with van der Waals surface area (Å²) in [5, 5.41) is 37.4. The highest BCUT2D eigenvalue weighted by Gasteiger charge is 2.24. The number of benzene rings is 1. The molecule has 2 atom stereocenters. The highest BCUT2D eigenvalue weighted by atomic mass is 31.2. The summed E-state index contributed by atoms with van der Waals surface area (Å²) in [7, 11) is -4.27. The lowest BCUT2D eigenvalue weighted by Crippen LogP contribution is -2.25. The smallest absolute Gasteiger partial charge is 0.472 e. The number of phosphoric acid groups is 1. The van der Waals surface area contributed by atoms with Crippen LogP contribution >= 0.6 is 7.82 Å². The van der Waals surface area contributed by atoms with Crippen molar-refractivity contribution in [2.45, 2.75) is 86.4 Å². The van der Waals surface area contributed by atoms with Crippen molar-refractivity contribution in [2.75, 3.05) is 39.6 Å². The summed E-state index contributed by atoms with van der Waals surface area (Å²) < 4.78 is 50.8. The van der Waals surface area contributed by atoms with Crippen molar-refractivity contribution in [3.63, 3.8) is 0 Å². The zero-order valence-corrected chi connectivity index (χ0v) is 32.1. The minimum atomic E-state index is -4.27. The predicted molar refractivity (Wildman–Crippen MR) is 192 cm³/mol. The molecule has 2 unspecified atom stereocenters. The maximum absolute atomic E-state index is 13.5. The monoisotopic (exact) mass is 778 g/mol. The molecule has 298 valence electrons. The number of phosphoric ester groups is 1. The van der Waals surface area contributed by atoms with Gasteiger partial charge in [0.1, 0.15) is 36.9 Å². The van der Waals surface area contributed by atoms with Gasteiger partial charge in [0.25, 0.3) is 5.91 Å². The van der Waals surface area contributed by atoms with E-state index in [0.29, 0.717) is 69.1 Å². The van der Waals surface area contributed by atoms with Gasteiger partial charge in [0.05, 0.1) is 38.4 Å². The molecule has 0 fully saturated rings. The van der Waals surface area contributed by atoms with E-state index in [1.807, 2.05) is 20.8 Å². The fourth-order valence-corrected chi connectivity index (χ4v) is 5.65. The Morgan fingerprint density at radius 1 is 0.796 bits per heavy atom. The maximum atomic E-state index is 13.5. The van der Waals surface area contributed by atoms with Crippen molar-refractivity contribution >= 4 is 13.7 Å². The summed E-state index contributed by atoms with van der Waals surface area (Å²) in [4.78, 5) is 23.4. The number of nitrogens with zero attached hydrogens (tertiary/aromatic N) is 9. The van der Waals surface area contributed by atoms with E-state index >= 15 is 0 Å². The average molecular weight is 779 g/mol. The molecule has 3 aromatic heterocycles. The van der Waals surface area contributed by atoms with Gasteiger partial charge in [-0.1, -0.05) is 22.1 Å². The number of amides is 1. The van der Waals surface area contributed by atoms with Crippen molar-refractivity contribution in [3.8, 4) is 17.2 Å². The van der Waals surface area contributed by atoms with Crippen molar-refractivity contribution in [2.24, 2.45) is 5.92 Å². The van der Waals surface area contributed by atoms with Gasteiger partial charge < -0.3 is 34.3 Å². The predicted octanol–water partition coefficient (Wildman–Crippen LogP) is 2.94. The topological polar surface area (TPSA) is 234 Å². The average Bonchev–Trinajstić information content (AvgIpc) is 3.96. The fraction of sp³-hybridized carbons (Fsp3) is 0.606. The van der Waals surface area contributed by atoms with E-state index in [1.165, 1.54) is 0 Å². The van der Waals surface area contributed by atoms with Crippen LogP contribution < -0.4 is 19.5 Å². The number of carbonyl (C=O) groups is 1. The minimum absolute atomic E-state index is 0.0403. The second-order valence-corrected chi connectivity index (χ2v) is 13.4. The number of hydrogen-bond acceptors (Lipinski definition) is 15. The number of unbranched alkanes of at least 4 members (excludes halogenated alkanes) is 1. The SMILES string of the molecule is CCOCCOP(=O)(O)OCC(CO)CCCCNC(=O)c1cc(OCc2cn(CC)nn2)c(OCc2cn(CC)nn2)c(OCc2cn(CC)nn2)c1. The lowest BCUT2D eigenvalue weighted by molar-refractivity contribution is 0.0708. The molecule has 0 aliphatic carbocycles. The summed E-state index contributed by atoms with van der Waals surface area (Å²) in [6.07, 6.45) is 6.96. The Morgan fingerprint density at radius 2 is 1.33 bits per heavy atom. The Bertz CT molecular complexity index is 1700. The van der Waals surface area contributed by atoms with Crippen molar-refractivity contribution in [1.82, 2.24) is 50.3 Å². The molecule has 0 spiro atoms. The Morgan fingerprint density at radius 3 is 1.81 bits per heavy atom. The minimum Gasteiger partial charge on any atom is -0.483 e. The Hall–Kier alpha value is -4.46. The largest absolute Gasteiger partial charge is 0.483 e. The van der Waals surface area contributed by atoms with E-state index < -0.39 is 13.7 Å². The van der Waals surface area contributed by atoms with E-state index in [1.54, 1.807) is 51.7 Å². The first kappa shape index (κ1) is 42.3. The number of carbonyl (C=O) groups excluding carboxylic acids is 1. The number of ether oxygens (including phenoxy) is 4. The second-order valence-electron chi connectivity index (χ2n) is 12.0. The molecule has 3 N–H and O–H groups in total. The van der Waals surface area contributed by atoms with Gasteiger partial charge in [-0.15, -0.1) is 15.3 Å². The van der Waals surface area contributed by atoms with Gasteiger partial charge in [-0.3, -0.25) is 27.9 Å². The van der Waals surface area contributed by atoms with Crippen LogP contribution in [0.15, 0.2) is 30.7 Å². The third-order valence-corrected chi connectivity index (χ3v) is 8.86. The van der Waals surface area contributed by atoms with Crippen LogP contribution in [0.2, 0.25) is 0 Å². The summed E-state index contributed by atoms with van der Waals surface area (Å²) in [6, 6.07) is 3.14. The highest BCUT2D eigenvalue weighted by Crippen LogP contribution is 2.43. The third-order valence-electron chi connectivity index (χ3n) is 7.87. The van der Waals surface area contributed by atoms with Crippen LogP contribution in [0.4, 0.5) is 0 Å². The van der Waals surface area contributed by atoms with Gasteiger partial charge in [0.15, 0.2) is 11.5 Å². The van der Waals surface area contributed by atoms with Gasteiger partial charge in [-0.05, 0) is 52.7 Å². The Balaban J connectivity index is 1.44. The van der Waals surface area contributed by atoms with E-state index in [-0.39, 0.29) is 75.0 Å². The molecule has 0 aliphatic rings. The quantitative estimate of drug-likeness (QED) is 0.0583. The normalized spacial score (nSPS) is 13.1. The molecule has 20 nitrogen and oxygen atoms in total. The first-order chi connectivity index (χ1) is 26.2. The van der Waals surface area contributed by atoms with Crippen molar-refractivity contribution in [1.29, 1.82) is 0 Å². The van der Waals surface area contributed by atoms with Crippen LogP contribution in [0.5, 0.6) is 17.2 Å². The van der Waals surface area contributed by atoms with Gasteiger partial charge in [-0.25, -0.2) is 4.57 Å². The summed E-state index contributed by atoms with van der Waals surface area (Å²) >= 11 is 0. The van der Waals surface area contributed by atoms with Crippen LogP contribution in [-0.4, -0.2) is 100 Å². The number of aryl methyl sites for hydroxylation is 3. The molecule has 1 amide bonds. The lowest BCUT2D eigenvalue weighted by atomic mass is 10.0. The molecule has 0 saturated carbocycles. The van der Waals surface area contributed by atoms with Gasteiger partial charge in [0.2, 0.25) is 5.75 Å². The third kappa shape index (κ3) is 13.7. The first-order valence-corrected chi connectivity index (χ1v) is 19.5. The van der Waals surface area contributed by atoms with Crippen LogP contribution in [0.3, 0.4) is 0 Å². The number of aliphatic hydroxyl groups is 1. The van der Waals surface area contributed by atoms with Gasteiger partial charge >= 0.3 is 7.82 Å². The van der Waals surface area contributed by atoms with E-state index in [2.05, 4.69) is 36.3 Å². The molecule has 0 aliphatic heterocycles. The molecule has 21 heteroatoms. The molecule has 4 rings (SSSR count). The highest BCUT2D eigenvalue weighted by molar-refractivity contribution is 7.47. The first-order valence-electron chi connectivity index (χ1n) is 18.0. The zero-order valence-electron chi connectivity index (χ0n) is 31.2. The van der Waals surface area contributed by atoms with Gasteiger partial charge in [-0.2, -0.15) is 0 Å². The summed E-state index contributed by atoms with van der Waals surface area (Å²) in [5.74, 6) is -0.0700. The van der Waals surface area contributed by atoms with Crippen LogP contribution in [-0.2, 0) is 57.8 Å². The molecular weight excluding hydrogens is 727 g/mol. The molecule has 1 aromatic carbocycles. The molecule has 4 aromatic rings. The summed E-state index contributed by atoms with van der Waals surface area (Å²) in [6.45, 7) is 10.1. The number of aromatic nitrogens is 9. The molecular formula is C33H51N10O10P. The molecule has 54 heavy (non-hydrogen) atoms. The van der Waals surface area contributed by atoms with Crippen LogP contribution in [0, 0.1) is 5.92 Å². The van der Waals surface area contributed by atoms with E-state index in [0.717, 1.165) is 0 Å². The maximum Gasteiger partial charge on any atom is 0.472 e. The molecule has 0 radical (unpaired) electrons. The van der Waals surface area contributed by atoms with Crippen molar-refractivity contribution < 1.29 is 47.4 Å². The fourth-order valence-electron chi connectivity index (χ4n) is 4.87. The summed E-state index contributed by atoms with van der Waals surface area (Å²) in [5.41, 5.74) is 1.98. The van der Waals surface area contributed by atoms with Crippen LogP contribution in [0.1, 0.15) is 74.4 Å². The van der Waals surface area contributed by atoms with E-state index in [4.69, 9.17) is 28.0 Å². The Kier molecular flexibility index (Phi) is 17.3.